The first kappa shape index (κ1) is 23.1. The van der Waals surface area contributed by atoms with E-state index in [0.29, 0.717) is 17.7 Å². The van der Waals surface area contributed by atoms with Gasteiger partial charge < -0.3 is 5.11 Å². The number of aromatic nitrogens is 1. The number of phenolic OH excluding ortho intramolecular Hbond substituents is 1. The highest BCUT2D eigenvalue weighted by molar-refractivity contribution is 7.90. The molecule has 4 rings (SSSR count). The lowest BCUT2D eigenvalue weighted by Crippen LogP contribution is -2.11. The number of fused-ring (bicyclic) bond motifs is 1. The Hall–Kier alpha value is -3.05. The largest absolute Gasteiger partial charge is 0.507 e. The maximum Gasteiger partial charge on any atom is 0.268 e. The van der Waals surface area contributed by atoms with Gasteiger partial charge in [-0.3, -0.25) is 0 Å². The predicted molar refractivity (Wildman–Crippen MR) is 135 cm³/mol. The summed E-state index contributed by atoms with van der Waals surface area (Å²) in [6.07, 6.45) is 2.33. The number of para-hydroxylation sites is 1. The molecule has 0 aliphatic rings. The molecular formula is C28H31NO3S. The Morgan fingerprint density at radius 1 is 0.879 bits per heavy atom. The van der Waals surface area contributed by atoms with Crippen molar-refractivity contribution in [3.05, 3.63) is 94.7 Å². The summed E-state index contributed by atoms with van der Waals surface area (Å²) in [5.74, 6) is 0.740. The molecule has 172 valence electrons. The van der Waals surface area contributed by atoms with Crippen LogP contribution < -0.4 is 0 Å². The van der Waals surface area contributed by atoms with E-state index in [0.717, 1.165) is 33.2 Å². The fourth-order valence-electron chi connectivity index (χ4n) is 4.33. The SMILES string of the molecule is Cc1ccc(S(=O)(=O)n2cc(Cc3cc(C(C)C)c(O)c(C(C)C)c3)c3ccccc32)cc1. The van der Waals surface area contributed by atoms with Crippen molar-refractivity contribution in [1.29, 1.82) is 0 Å². The van der Waals surface area contributed by atoms with Crippen molar-refractivity contribution in [3.63, 3.8) is 0 Å². The van der Waals surface area contributed by atoms with Crippen molar-refractivity contribution in [2.45, 2.75) is 57.8 Å². The van der Waals surface area contributed by atoms with Crippen LogP contribution in [0.5, 0.6) is 5.75 Å². The van der Waals surface area contributed by atoms with Gasteiger partial charge in [-0.15, -0.1) is 0 Å². The first-order chi connectivity index (χ1) is 15.6. The summed E-state index contributed by atoms with van der Waals surface area (Å²) in [6.45, 7) is 10.2. The number of aryl methyl sites for hydroxylation is 1. The Kier molecular flexibility index (Phi) is 6.10. The van der Waals surface area contributed by atoms with Crippen molar-refractivity contribution in [1.82, 2.24) is 3.97 Å². The molecule has 1 N–H and O–H groups in total. The van der Waals surface area contributed by atoms with E-state index < -0.39 is 10.0 Å². The maximum absolute atomic E-state index is 13.5. The normalized spacial score (nSPS) is 12.2. The second-order valence-electron chi connectivity index (χ2n) is 9.39. The third-order valence-electron chi connectivity index (χ3n) is 6.21. The Labute approximate surface area is 196 Å². The molecular weight excluding hydrogens is 430 g/mol. The molecule has 0 amide bonds. The summed E-state index contributed by atoms with van der Waals surface area (Å²) < 4.78 is 28.4. The van der Waals surface area contributed by atoms with Gasteiger partial charge in [0.05, 0.1) is 10.4 Å². The van der Waals surface area contributed by atoms with Gasteiger partial charge in [-0.05, 0) is 65.6 Å². The van der Waals surface area contributed by atoms with E-state index in [4.69, 9.17) is 0 Å². The fourth-order valence-corrected chi connectivity index (χ4v) is 5.72. The molecule has 0 radical (unpaired) electrons. The minimum Gasteiger partial charge on any atom is -0.507 e. The summed E-state index contributed by atoms with van der Waals surface area (Å²) in [5.41, 5.74) is 5.54. The van der Waals surface area contributed by atoms with Crippen LogP contribution in [-0.2, 0) is 16.4 Å². The standard InChI is InChI=1S/C28H31NO3S/c1-18(2)25-15-21(16-26(19(3)4)28(25)30)14-22-17-29(27-9-7-6-8-24(22)27)33(31,32)23-12-10-20(5)11-13-23/h6-13,15-19,30H,14H2,1-5H3. The average molecular weight is 462 g/mol. The van der Waals surface area contributed by atoms with Gasteiger partial charge in [-0.1, -0.05) is 75.7 Å². The fraction of sp³-hybridized carbons (Fsp3) is 0.286. The Balaban J connectivity index is 1.85. The molecule has 0 unspecified atom stereocenters. The zero-order valence-electron chi connectivity index (χ0n) is 19.8. The lowest BCUT2D eigenvalue weighted by molar-refractivity contribution is 0.454. The van der Waals surface area contributed by atoms with Gasteiger partial charge in [-0.2, -0.15) is 0 Å². The summed E-state index contributed by atoms with van der Waals surface area (Å²) >= 11 is 0. The third-order valence-corrected chi connectivity index (χ3v) is 7.89. The second-order valence-corrected chi connectivity index (χ2v) is 11.2. The minimum atomic E-state index is -3.73. The third kappa shape index (κ3) is 4.30. The van der Waals surface area contributed by atoms with Crippen LogP contribution in [0.4, 0.5) is 0 Å². The van der Waals surface area contributed by atoms with E-state index in [9.17, 15) is 13.5 Å². The summed E-state index contributed by atoms with van der Waals surface area (Å²) in [7, 11) is -3.73. The number of rotatable bonds is 6. The van der Waals surface area contributed by atoms with Gasteiger partial charge in [0.25, 0.3) is 10.0 Å². The quantitative estimate of drug-likeness (QED) is 0.346. The topological polar surface area (TPSA) is 59.3 Å². The Bertz CT molecular complexity index is 1380. The number of aromatic hydroxyl groups is 1. The van der Waals surface area contributed by atoms with Gasteiger partial charge in [0.2, 0.25) is 0 Å². The van der Waals surface area contributed by atoms with Crippen molar-refractivity contribution in [2.75, 3.05) is 0 Å². The Morgan fingerprint density at radius 3 is 2.03 bits per heavy atom. The number of phenols is 1. The second kappa shape index (κ2) is 8.71. The number of hydrogen-bond donors (Lipinski definition) is 1. The Morgan fingerprint density at radius 2 is 1.45 bits per heavy atom. The molecule has 0 aliphatic carbocycles. The van der Waals surface area contributed by atoms with Crippen molar-refractivity contribution < 1.29 is 13.5 Å². The highest BCUT2D eigenvalue weighted by Gasteiger charge is 2.22. The first-order valence-electron chi connectivity index (χ1n) is 11.4. The molecule has 0 atom stereocenters. The molecule has 5 heteroatoms. The van der Waals surface area contributed by atoms with Crippen LogP contribution in [0.15, 0.2) is 71.8 Å². The van der Waals surface area contributed by atoms with Crippen LogP contribution >= 0.6 is 0 Å². The molecule has 0 bridgehead atoms. The smallest absolute Gasteiger partial charge is 0.268 e. The predicted octanol–water partition coefficient (Wildman–Crippen LogP) is 6.73. The van der Waals surface area contributed by atoms with Crippen LogP contribution in [0.25, 0.3) is 10.9 Å². The molecule has 0 fully saturated rings. The van der Waals surface area contributed by atoms with Crippen molar-refractivity contribution in [3.8, 4) is 5.75 Å². The zero-order valence-corrected chi connectivity index (χ0v) is 20.6. The minimum absolute atomic E-state index is 0.186. The monoisotopic (exact) mass is 461 g/mol. The summed E-state index contributed by atoms with van der Waals surface area (Å²) in [5, 5.41) is 11.7. The summed E-state index contributed by atoms with van der Waals surface area (Å²) in [4.78, 5) is 0.272. The van der Waals surface area contributed by atoms with Gasteiger partial charge in [0.15, 0.2) is 0 Å². The van der Waals surface area contributed by atoms with E-state index >= 15 is 0 Å². The zero-order chi connectivity index (χ0) is 23.9. The lowest BCUT2D eigenvalue weighted by atomic mass is 9.90. The molecule has 3 aromatic carbocycles. The molecule has 0 aliphatic heterocycles. The van der Waals surface area contributed by atoms with Crippen molar-refractivity contribution >= 4 is 20.9 Å². The average Bonchev–Trinajstić information content (AvgIpc) is 3.14. The van der Waals surface area contributed by atoms with Gasteiger partial charge in [0.1, 0.15) is 5.75 Å². The molecule has 0 saturated carbocycles. The van der Waals surface area contributed by atoms with E-state index in [1.807, 2.05) is 55.5 Å². The number of benzene rings is 3. The van der Waals surface area contributed by atoms with Crippen molar-refractivity contribution in [2.24, 2.45) is 0 Å². The van der Waals surface area contributed by atoms with Gasteiger partial charge in [-0.25, -0.2) is 12.4 Å². The van der Waals surface area contributed by atoms with Crippen LogP contribution in [0.3, 0.4) is 0 Å². The highest BCUT2D eigenvalue weighted by Crippen LogP contribution is 2.36. The molecule has 1 aromatic heterocycles. The molecule has 4 nitrogen and oxygen atoms in total. The first-order valence-corrected chi connectivity index (χ1v) is 12.8. The van der Waals surface area contributed by atoms with E-state index in [1.165, 1.54) is 3.97 Å². The summed E-state index contributed by atoms with van der Waals surface area (Å²) in [6, 6.07) is 18.7. The molecule has 0 saturated heterocycles. The number of hydrogen-bond acceptors (Lipinski definition) is 3. The molecule has 0 spiro atoms. The van der Waals surface area contributed by atoms with Gasteiger partial charge >= 0.3 is 0 Å². The molecule has 1 heterocycles. The van der Waals surface area contributed by atoms with E-state index in [-0.39, 0.29) is 16.7 Å². The van der Waals surface area contributed by atoms with Gasteiger partial charge in [0, 0.05) is 11.6 Å². The van der Waals surface area contributed by atoms with E-state index in [1.54, 1.807) is 18.3 Å². The highest BCUT2D eigenvalue weighted by atomic mass is 32.2. The van der Waals surface area contributed by atoms with E-state index in [2.05, 4.69) is 27.7 Å². The lowest BCUT2D eigenvalue weighted by Gasteiger charge is -2.17. The van der Waals surface area contributed by atoms with Crippen LogP contribution in [0.1, 0.15) is 67.3 Å². The maximum atomic E-state index is 13.5. The van der Waals surface area contributed by atoms with Crippen LogP contribution in [0.2, 0.25) is 0 Å². The van der Waals surface area contributed by atoms with Crippen LogP contribution in [-0.4, -0.2) is 17.5 Å². The molecule has 33 heavy (non-hydrogen) atoms. The number of nitrogens with zero attached hydrogens (tertiary/aromatic N) is 1. The molecule has 4 aromatic rings. The van der Waals surface area contributed by atoms with Crippen LogP contribution in [0, 0.1) is 6.92 Å².